The molecule has 1 heterocycles. The Labute approximate surface area is 133 Å². The number of aromatic nitrogens is 1. The molecule has 0 aliphatic carbocycles. The lowest BCUT2D eigenvalue weighted by atomic mass is 9.96. The first-order valence-corrected chi connectivity index (χ1v) is 7.62. The van der Waals surface area contributed by atoms with Crippen LogP contribution in [0.15, 0.2) is 48.1 Å². The molecule has 1 aromatic heterocycles. The van der Waals surface area contributed by atoms with Gasteiger partial charge in [0.1, 0.15) is 0 Å². The highest BCUT2D eigenvalue weighted by Crippen LogP contribution is 2.34. The van der Waals surface area contributed by atoms with Gasteiger partial charge >= 0.3 is 0 Å². The fourth-order valence-corrected chi connectivity index (χ4v) is 2.87. The molecule has 0 N–H and O–H groups in total. The lowest BCUT2D eigenvalue weighted by Crippen LogP contribution is -1.99. The van der Waals surface area contributed by atoms with E-state index in [4.69, 9.17) is 0 Å². The Morgan fingerprint density at radius 2 is 1.95 bits per heavy atom. The lowest BCUT2D eigenvalue weighted by Gasteiger charge is -2.09. The molecule has 0 amide bonds. The normalized spacial score (nSPS) is 11.1. The molecule has 0 unspecified atom stereocenters. The molecule has 0 radical (unpaired) electrons. The van der Waals surface area contributed by atoms with Crippen LogP contribution in [0.5, 0.6) is 0 Å². The van der Waals surface area contributed by atoms with Crippen molar-refractivity contribution in [3.63, 3.8) is 0 Å². The summed E-state index contributed by atoms with van der Waals surface area (Å²) in [6.45, 7) is 17.1. The monoisotopic (exact) mass is 292 g/mol. The summed E-state index contributed by atoms with van der Waals surface area (Å²) in [6, 6.07) is 8.45. The van der Waals surface area contributed by atoms with E-state index < -0.39 is 0 Å². The van der Waals surface area contributed by atoms with Crippen molar-refractivity contribution in [3.05, 3.63) is 65.6 Å². The molecule has 0 aliphatic rings. The molecule has 0 aliphatic heterocycles. The SMILES string of the molecule is C=Cc1c(-c2ccccc2C)c(/C=N\C(=C)C)c(C)n1CC. The fraction of sp³-hybridized carbons (Fsp3) is 0.250. The molecule has 0 saturated carbocycles. The van der Waals surface area contributed by atoms with Crippen molar-refractivity contribution in [2.75, 3.05) is 0 Å². The molecule has 2 aromatic rings. The van der Waals surface area contributed by atoms with Crippen LogP contribution in [0.2, 0.25) is 0 Å². The van der Waals surface area contributed by atoms with E-state index in [1.807, 2.05) is 19.2 Å². The van der Waals surface area contributed by atoms with E-state index >= 15 is 0 Å². The van der Waals surface area contributed by atoms with Gasteiger partial charge in [0.2, 0.25) is 0 Å². The number of benzene rings is 1. The molecule has 0 fully saturated rings. The zero-order valence-electron chi connectivity index (χ0n) is 14.0. The van der Waals surface area contributed by atoms with Gasteiger partial charge in [-0.1, -0.05) is 37.4 Å². The summed E-state index contributed by atoms with van der Waals surface area (Å²) in [5.74, 6) is 0. The van der Waals surface area contributed by atoms with Crippen molar-refractivity contribution in [1.82, 2.24) is 4.57 Å². The number of aliphatic imine (C=N–C) groups is 1. The maximum atomic E-state index is 4.43. The van der Waals surface area contributed by atoms with Gasteiger partial charge in [-0.15, -0.1) is 0 Å². The second-order valence-electron chi connectivity index (χ2n) is 5.52. The molecular weight excluding hydrogens is 268 g/mol. The molecule has 0 saturated heterocycles. The molecule has 2 rings (SSSR count). The van der Waals surface area contributed by atoms with E-state index in [1.165, 1.54) is 22.4 Å². The van der Waals surface area contributed by atoms with Gasteiger partial charge in [-0.2, -0.15) is 0 Å². The Balaban J connectivity index is 2.82. The Hall–Kier alpha value is -2.35. The van der Waals surface area contributed by atoms with Gasteiger partial charge < -0.3 is 4.57 Å². The van der Waals surface area contributed by atoms with Crippen LogP contribution in [0, 0.1) is 13.8 Å². The van der Waals surface area contributed by atoms with E-state index in [0.717, 1.165) is 23.5 Å². The van der Waals surface area contributed by atoms with E-state index in [2.05, 4.69) is 67.8 Å². The smallest absolute Gasteiger partial charge is 0.0489 e. The third-order valence-electron chi connectivity index (χ3n) is 3.95. The van der Waals surface area contributed by atoms with Crippen molar-refractivity contribution in [2.45, 2.75) is 34.2 Å². The van der Waals surface area contributed by atoms with E-state index in [1.54, 1.807) is 0 Å². The van der Waals surface area contributed by atoms with Crippen LogP contribution in [-0.4, -0.2) is 10.8 Å². The summed E-state index contributed by atoms with van der Waals surface area (Å²) in [5, 5.41) is 0. The molecule has 22 heavy (non-hydrogen) atoms. The third-order valence-corrected chi connectivity index (χ3v) is 3.95. The average molecular weight is 292 g/mol. The predicted molar refractivity (Wildman–Crippen MR) is 97.5 cm³/mol. The van der Waals surface area contributed by atoms with Crippen LogP contribution in [0.4, 0.5) is 0 Å². The highest BCUT2D eigenvalue weighted by atomic mass is 15.0. The minimum Gasteiger partial charge on any atom is -0.344 e. The minimum atomic E-state index is 0.805. The van der Waals surface area contributed by atoms with Gasteiger partial charge in [0.05, 0.1) is 0 Å². The van der Waals surface area contributed by atoms with E-state index in [9.17, 15) is 0 Å². The molecule has 0 spiro atoms. The van der Waals surface area contributed by atoms with Crippen LogP contribution in [-0.2, 0) is 6.54 Å². The topological polar surface area (TPSA) is 17.3 Å². The fourth-order valence-electron chi connectivity index (χ4n) is 2.87. The number of hydrogen-bond acceptors (Lipinski definition) is 1. The number of hydrogen-bond donors (Lipinski definition) is 0. The Bertz CT molecular complexity index is 745. The average Bonchev–Trinajstić information content (AvgIpc) is 2.76. The number of nitrogens with zero attached hydrogens (tertiary/aromatic N) is 2. The molecule has 0 atom stereocenters. The second-order valence-corrected chi connectivity index (χ2v) is 5.52. The summed E-state index contributed by atoms with van der Waals surface area (Å²) in [5.41, 5.74) is 8.00. The highest BCUT2D eigenvalue weighted by Gasteiger charge is 2.19. The van der Waals surface area contributed by atoms with Crippen molar-refractivity contribution in [3.8, 4) is 11.1 Å². The maximum absolute atomic E-state index is 4.43. The second kappa shape index (κ2) is 6.61. The largest absolute Gasteiger partial charge is 0.344 e. The van der Waals surface area contributed by atoms with E-state index in [-0.39, 0.29) is 0 Å². The van der Waals surface area contributed by atoms with Crippen LogP contribution in [0.1, 0.15) is 36.4 Å². The van der Waals surface area contributed by atoms with Gasteiger partial charge in [0.15, 0.2) is 0 Å². The third kappa shape index (κ3) is 2.82. The predicted octanol–water partition coefficient (Wildman–Crippen LogP) is 5.39. The number of aryl methyl sites for hydroxylation is 1. The van der Waals surface area contributed by atoms with Gasteiger partial charge in [-0.05, 0) is 44.9 Å². The molecular formula is C20H24N2. The first-order chi connectivity index (χ1) is 10.5. The summed E-state index contributed by atoms with van der Waals surface area (Å²) < 4.78 is 2.29. The maximum Gasteiger partial charge on any atom is 0.0489 e. The quantitative estimate of drug-likeness (QED) is 0.658. The Kier molecular flexibility index (Phi) is 4.81. The van der Waals surface area contributed by atoms with Gasteiger partial charge in [0.25, 0.3) is 0 Å². The van der Waals surface area contributed by atoms with Crippen molar-refractivity contribution in [2.24, 2.45) is 4.99 Å². The Morgan fingerprint density at radius 3 is 2.50 bits per heavy atom. The lowest BCUT2D eigenvalue weighted by molar-refractivity contribution is 0.736. The Morgan fingerprint density at radius 1 is 1.27 bits per heavy atom. The van der Waals surface area contributed by atoms with Crippen molar-refractivity contribution < 1.29 is 0 Å². The summed E-state index contributed by atoms with van der Waals surface area (Å²) in [7, 11) is 0. The summed E-state index contributed by atoms with van der Waals surface area (Å²) in [4.78, 5) is 4.43. The standard InChI is InChI=1S/C20H24N2/c1-7-19-20(17-12-10-9-11-15(17)5)18(13-21-14(3)4)16(6)22(19)8-2/h7,9-13H,1,3,8H2,2,4-6H3/b21-13-. The number of rotatable bonds is 5. The first kappa shape index (κ1) is 16.0. The van der Waals surface area contributed by atoms with Crippen molar-refractivity contribution in [1.29, 1.82) is 0 Å². The van der Waals surface area contributed by atoms with Gasteiger partial charge in [-0.3, -0.25) is 4.99 Å². The van der Waals surface area contributed by atoms with Crippen molar-refractivity contribution >= 4 is 12.3 Å². The molecule has 0 bridgehead atoms. The zero-order valence-corrected chi connectivity index (χ0v) is 14.0. The van der Waals surface area contributed by atoms with Crippen LogP contribution in [0.3, 0.4) is 0 Å². The molecule has 1 aromatic carbocycles. The highest BCUT2D eigenvalue weighted by molar-refractivity contribution is 5.96. The minimum absolute atomic E-state index is 0.805. The number of allylic oxidation sites excluding steroid dienone is 1. The summed E-state index contributed by atoms with van der Waals surface area (Å²) in [6.07, 6.45) is 3.87. The molecule has 2 heteroatoms. The van der Waals surface area contributed by atoms with Gasteiger partial charge in [0, 0.05) is 41.0 Å². The van der Waals surface area contributed by atoms with Crippen LogP contribution < -0.4 is 0 Å². The summed E-state index contributed by atoms with van der Waals surface area (Å²) >= 11 is 0. The molecule has 2 nitrogen and oxygen atoms in total. The first-order valence-electron chi connectivity index (χ1n) is 7.62. The zero-order chi connectivity index (χ0) is 16.3. The molecule has 114 valence electrons. The van der Waals surface area contributed by atoms with Gasteiger partial charge in [-0.25, -0.2) is 0 Å². The van der Waals surface area contributed by atoms with Crippen LogP contribution in [0.25, 0.3) is 17.2 Å². The van der Waals surface area contributed by atoms with E-state index in [0.29, 0.717) is 0 Å². The van der Waals surface area contributed by atoms with Crippen LogP contribution >= 0.6 is 0 Å².